The van der Waals surface area contributed by atoms with Gasteiger partial charge in [-0.2, -0.15) is 0 Å². The van der Waals surface area contributed by atoms with Gasteiger partial charge in [0, 0.05) is 30.9 Å². The van der Waals surface area contributed by atoms with Gasteiger partial charge in [-0.3, -0.25) is 9.88 Å². The summed E-state index contributed by atoms with van der Waals surface area (Å²) < 4.78 is 33.9. The molecule has 0 bridgehead atoms. The van der Waals surface area contributed by atoms with E-state index in [1.54, 1.807) is 30.5 Å². The number of rotatable bonds is 2. The van der Waals surface area contributed by atoms with E-state index in [-0.39, 0.29) is 10.3 Å². The number of nitrogens with zero attached hydrogens (tertiary/aromatic N) is 2. The smallest absolute Gasteiger partial charge is 0.244 e. The third kappa shape index (κ3) is 3.60. The quantitative estimate of drug-likeness (QED) is 0.872. The van der Waals surface area contributed by atoms with Crippen LogP contribution in [-0.2, 0) is 16.6 Å². The van der Waals surface area contributed by atoms with Gasteiger partial charge in [0.25, 0.3) is 0 Å². The van der Waals surface area contributed by atoms with E-state index in [0.717, 1.165) is 32.5 Å². The van der Waals surface area contributed by atoms with Crippen LogP contribution in [0.3, 0.4) is 0 Å². The predicted octanol–water partition coefficient (Wildman–Crippen LogP) is 2.03. The minimum Gasteiger partial charge on any atom is -0.492 e. The molecular formula is C19H23N3O3S. The van der Waals surface area contributed by atoms with Crippen molar-refractivity contribution in [1.29, 1.82) is 0 Å². The Bertz CT molecular complexity index is 863. The molecular weight excluding hydrogens is 350 g/mol. The van der Waals surface area contributed by atoms with Gasteiger partial charge < -0.3 is 4.74 Å². The van der Waals surface area contributed by atoms with Crippen LogP contribution in [0.15, 0.2) is 53.7 Å². The van der Waals surface area contributed by atoms with E-state index in [9.17, 15) is 8.42 Å². The molecule has 0 amide bonds. The number of likely N-dealkylation sites (tertiary alicyclic amines) is 1. The Morgan fingerprint density at radius 1 is 1.15 bits per heavy atom. The number of para-hydroxylation sites is 1. The standard InChI is InChI=1S/C19H23N3O3S/c23-26(24)18-6-2-1-5-17(18)25-15-19(14-21-26)7-10-22(11-8-19)13-16-4-3-9-20-12-16/h1-6,9,12,21H,7-8,10-11,13-15H2. The summed E-state index contributed by atoms with van der Waals surface area (Å²) >= 11 is 0. The Kier molecular flexibility index (Phi) is 4.69. The molecule has 1 saturated heterocycles. The minimum atomic E-state index is -3.54. The molecule has 1 aromatic carbocycles. The fraction of sp³-hybridized carbons (Fsp3) is 0.421. The van der Waals surface area contributed by atoms with E-state index < -0.39 is 10.0 Å². The lowest BCUT2D eigenvalue weighted by molar-refractivity contribution is 0.0522. The van der Waals surface area contributed by atoms with Gasteiger partial charge in [0.2, 0.25) is 10.0 Å². The summed E-state index contributed by atoms with van der Waals surface area (Å²) in [6.07, 6.45) is 5.48. The summed E-state index contributed by atoms with van der Waals surface area (Å²) in [6.45, 7) is 3.67. The van der Waals surface area contributed by atoms with Crippen LogP contribution in [0.25, 0.3) is 0 Å². The Balaban J connectivity index is 1.46. The van der Waals surface area contributed by atoms with Gasteiger partial charge in [0.1, 0.15) is 10.6 Å². The number of piperidine rings is 1. The van der Waals surface area contributed by atoms with Crippen molar-refractivity contribution >= 4 is 10.0 Å². The van der Waals surface area contributed by atoms with E-state index in [2.05, 4.69) is 20.7 Å². The molecule has 6 nitrogen and oxygen atoms in total. The zero-order chi connectivity index (χ0) is 18.0. The molecule has 2 aliphatic rings. The number of hydrogen-bond acceptors (Lipinski definition) is 5. The van der Waals surface area contributed by atoms with E-state index >= 15 is 0 Å². The minimum absolute atomic E-state index is 0.161. The van der Waals surface area contributed by atoms with Gasteiger partial charge in [-0.25, -0.2) is 13.1 Å². The maximum Gasteiger partial charge on any atom is 0.244 e. The van der Waals surface area contributed by atoms with E-state index in [4.69, 9.17) is 4.74 Å². The molecule has 2 aliphatic heterocycles. The topological polar surface area (TPSA) is 71.5 Å². The van der Waals surface area contributed by atoms with Crippen LogP contribution in [0.1, 0.15) is 18.4 Å². The number of aromatic nitrogens is 1. The van der Waals surface area contributed by atoms with Crippen molar-refractivity contribution in [1.82, 2.24) is 14.6 Å². The highest BCUT2D eigenvalue weighted by Gasteiger charge is 2.38. The van der Waals surface area contributed by atoms with Gasteiger partial charge in [-0.15, -0.1) is 0 Å². The molecule has 1 aromatic heterocycles. The molecule has 1 N–H and O–H groups in total. The number of ether oxygens (including phenoxy) is 1. The molecule has 0 unspecified atom stereocenters. The maximum atomic E-state index is 12.6. The summed E-state index contributed by atoms with van der Waals surface area (Å²) in [5.41, 5.74) is 1.04. The van der Waals surface area contributed by atoms with Crippen molar-refractivity contribution in [2.24, 2.45) is 5.41 Å². The first-order valence-corrected chi connectivity index (χ1v) is 10.4. The Morgan fingerprint density at radius 2 is 1.96 bits per heavy atom. The third-order valence-corrected chi connectivity index (χ3v) is 6.80. The molecule has 0 radical (unpaired) electrons. The molecule has 0 saturated carbocycles. The average Bonchev–Trinajstić information content (AvgIpc) is 2.67. The van der Waals surface area contributed by atoms with Gasteiger partial charge >= 0.3 is 0 Å². The van der Waals surface area contributed by atoms with Crippen molar-refractivity contribution in [2.45, 2.75) is 24.3 Å². The highest BCUT2D eigenvalue weighted by atomic mass is 32.2. The molecule has 0 atom stereocenters. The summed E-state index contributed by atoms with van der Waals surface area (Å²) in [5, 5.41) is 0. The normalized spacial score (nSPS) is 22.0. The lowest BCUT2D eigenvalue weighted by Crippen LogP contribution is -2.49. The number of benzene rings is 1. The Labute approximate surface area is 154 Å². The monoisotopic (exact) mass is 373 g/mol. The number of hydrogen-bond donors (Lipinski definition) is 1. The molecule has 2 aromatic rings. The fourth-order valence-electron chi connectivity index (χ4n) is 3.66. The first kappa shape index (κ1) is 17.5. The molecule has 3 heterocycles. The second kappa shape index (κ2) is 6.98. The van der Waals surface area contributed by atoms with E-state index in [1.165, 1.54) is 5.56 Å². The Hall–Kier alpha value is -1.96. The number of fused-ring (bicyclic) bond motifs is 1. The van der Waals surface area contributed by atoms with Crippen LogP contribution in [0.2, 0.25) is 0 Å². The van der Waals surface area contributed by atoms with Crippen LogP contribution >= 0.6 is 0 Å². The lowest BCUT2D eigenvalue weighted by atomic mass is 9.79. The molecule has 138 valence electrons. The van der Waals surface area contributed by atoms with Crippen molar-refractivity contribution in [3.8, 4) is 5.75 Å². The van der Waals surface area contributed by atoms with Crippen molar-refractivity contribution in [3.63, 3.8) is 0 Å². The summed E-state index contributed by atoms with van der Waals surface area (Å²) in [4.78, 5) is 6.79. The highest BCUT2D eigenvalue weighted by molar-refractivity contribution is 7.89. The molecule has 1 spiro atoms. The number of sulfonamides is 1. The predicted molar refractivity (Wildman–Crippen MR) is 98.3 cm³/mol. The maximum absolute atomic E-state index is 12.6. The SMILES string of the molecule is O=S1(=O)NCC2(CCN(Cc3cccnc3)CC2)COc2ccccc21. The molecule has 26 heavy (non-hydrogen) atoms. The largest absolute Gasteiger partial charge is 0.492 e. The van der Waals surface area contributed by atoms with Gasteiger partial charge in [0.05, 0.1) is 6.61 Å². The van der Waals surface area contributed by atoms with Gasteiger partial charge in [-0.1, -0.05) is 18.2 Å². The van der Waals surface area contributed by atoms with E-state index in [0.29, 0.717) is 18.9 Å². The summed E-state index contributed by atoms with van der Waals surface area (Å²) in [5.74, 6) is 0.442. The first-order valence-electron chi connectivity index (χ1n) is 8.89. The number of nitrogens with one attached hydrogen (secondary N) is 1. The number of pyridine rings is 1. The van der Waals surface area contributed by atoms with Gasteiger partial charge in [-0.05, 0) is 49.7 Å². The van der Waals surface area contributed by atoms with Crippen LogP contribution in [0.4, 0.5) is 0 Å². The summed E-state index contributed by atoms with van der Waals surface area (Å²) in [7, 11) is -3.54. The summed E-state index contributed by atoms with van der Waals surface area (Å²) in [6, 6.07) is 10.9. The fourth-order valence-corrected chi connectivity index (χ4v) is 4.96. The van der Waals surface area contributed by atoms with Crippen molar-refractivity contribution in [3.05, 3.63) is 54.4 Å². The molecule has 7 heteroatoms. The van der Waals surface area contributed by atoms with E-state index in [1.807, 2.05) is 12.3 Å². The molecule has 1 fully saturated rings. The average molecular weight is 373 g/mol. The van der Waals surface area contributed by atoms with Crippen molar-refractivity contribution in [2.75, 3.05) is 26.2 Å². The second-order valence-electron chi connectivity index (χ2n) is 7.20. The lowest BCUT2D eigenvalue weighted by Gasteiger charge is -2.42. The van der Waals surface area contributed by atoms with Crippen molar-refractivity contribution < 1.29 is 13.2 Å². The second-order valence-corrected chi connectivity index (χ2v) is 8.93. The molecule has 4 rings (SSSR count). The highest BCUT2D eigenvalue weighted by Crippen LogP contribution is 2.36. The van der Waals surface area contributed by atoms with Crippen LogP contribution in [0, 0.1) is 5.41 Å². The first-order chi connectivity index (χ1) is 12.6. The third-order valence-electron chi connectivity index (χ3n) is 5.36. The zero-order valence-electron chi connectivity index (χ0n) is 14.6. The van der Waals surface area contributed by atoms with Crippen LogP contribution in [-0.4, -0.2) is 44.5 Å². The van der Waals surface area contributed by atoms with Gasteiger partial charge in [0.15, 0.2) is 0 Å². The van der Waals surface area contributed by atoms with Crippen LogP contribution < -0.4 is 9.46 Å². The molecule has 0 aliphatic carbocycles. The zero-order valence-corrected chi connectivity index (χ0v) is 15.4. The Morgan fingerprint density at radius 3 is 2.73 bits per heavy atom. The van der Waals surface area contributed by atoms with Crippen LogP contribution in [0.5, 0.6) is 5.75 Å².